The lowest BCUT2D eigenvalue weighted by Gasteiger charge is -2.28. The van der Waals surface area contributed by atoms with Gasteiger partial charge in [-0.25, -0.2) is 0 Å². The van der Waals surface area contributed by atoms with E-state index in [0.29, 0.717) is 12.0 Å². The first-order chi connectivity index (χ1) is 9.22. The van der Waals surface area contributed by atoms with E-state index in [0.717, 1.165) is 16.7 Å². The van der Waals surface area contributed by atoms with Gasteiger partial charge in [0.25, 0.3) is 0 Å². The minimum absolute atomic E-state index is 0. The molecule has 1 heterocycles. The molecule has 2 bridgehead atoms. The standard InChI is InChI=1S/C16H21NOS.ClH/c1-11(15-10-12-4-5-13(15)9-12)17-16(18)7-6-14-3-2-8-19-14;/h2-3,6-8,11-13,15H,4-5,9-10H2,1H3,(H,17,18);1H/b7-6+;. The number of amides is 1. The van der Waals surface area contributed by atoms with Gasteiger partial charge in [-0.1, -0.05) is 12.5 Å². The average Bonchev–Trinajstić information content (AvgIpc) is 3.13. The highest BCUT2D eigenvalue weighted by molar-refractivity contribution is 7.10. The first-order valence-electron chi connectivity index (χ1n) is 7.24. The van der Waals surface area contributed by atoms with Gasteiger partial charge in [0.05, 0.1) is 0 Å². The summed E-state index contributed by atoms with van der Waals surface area (Å²) >= 11 is 1.65. The van der Waals surface area contributed by atoms with Gasteiger partial charge in [-0.15, -0.1) is 23.7 Å². The third kappa shape index (κ3) is 3.44. The van der Waals surface area contributed by atoms with Gasteiger partial charge >= 0.3 is 0 Å². The lowest BCUT2D eigenvalue weighted by molar-refractivity contribution is -0.117. The average molecular weight is 312 g/mol. The van der Waals surface area contributed by atoms with Crippen LogP contribution in [0.3, 0.4) is 0 Å². The van der Waals surface area contributed by atoms with Crippen molar-refractivity contribution in [1.82, 2.24) is 5.32 Å². The minimum atomic E-state index is 0. The third-order valence-corrected chi connectivity index (χ3v) is 5.58. The molecule has 1 aromatic heterocycles. The van der Waals surface area contributed by atoms with Crippen molar-refractivity contribution in [2.75, 3.05) is 0 Å². The van der Waals surface area contributed by atoms with Crippen molar-refractivity contribution >= 4 is 35.7 Å². The summed E-state index contributed by atoms with van der Waals surface area (Å²) in [6, 6.07) is 4.34. The molecule has 4 atom stereocenters. The second-order valence-corrected chi connectivity index (χ2v) is 6.96. The Bertz CT molecular complexity index is 471. The molecular formula is C16H22ClNOS. The van der Waals surface area contributed by atoms with Gasteiger partial charge in [0, 0.05) is 17.0 Å². The van der Waals surface area contributed by atoms with Crippen LogP contribution in [0.2, 0.25) is 0 Å². The van der Waals surface area contributed by atoms with Crippen LogP contribution in [-0.2, 0) is 4.79 Å². The van der Waals surface area contributed by atoms with Crippen molar-refractivity contribution in [2.24, 2.45) is 17.8 Å². The summed E-state index contributed by atoms with van der Waals surface area (Å²) in [5.41, 5.74) is 0. The van der Waals surface area contributed by atoms with Gasteiger partial charge in [0.2, 0.25) is 5.91 Å². The van der Waals surface area contributed by atoms with Crippen LogP contribution in [0.25, 0.3) is 6.08 Å². The molecule has 3 rings (SSSR count). The Labute approximate surface area is 131 Å². The molecule has 0 radical (unpaired) electrons. The van der Waals surface area contributed by atoms with E-state index in [1.807, 2.05) is 23.6 Å². The molecule has 1 amide bonds. The van der Waals surface area contributed by atoms with Crippen LogP contribution in [-0.4, -0.2) is 11.9 Å². The molecule has 4 heteroatoms. The molecule has 2 saturated carbocycles. The zero-order valence-electron chi connectivity index (χ0n) is 11.7. The van der Waals surface area contributed by atoms with E-state index >= 15 is 0 Å². The monoisotopic (exact) mass is 311 g/mol. The van der Waals surface area contributed by atoms with Gasteiger partial charge in [-0.2, -0.15) is 0 Å². The molecule has 2 nitrogen and oxygen atoms in total. The summed E-state index contributed by atoms with van der Waals surface area (Å²) in [5, 5.41) is 5.17. The Kier molecular flexibility index (Phi) is 5.28. The topological polar surface area (TPSA) is 29.1 Å². The number of rotatable bonds is 4. The zero-order chi connectivity index (χ0) is 13.2. The lowest BCUT2D eigenvalue weighted by atomic mass is 9.84. The lowest BCUT2D eigenvalue weighted by Crippen LogP contribution is -2.39. The fraction of sp³-hybridized carbons (Fsp3) is 0.562. The predicted octanol–water partition coefficient (Wildman–Crippen LogP) is 4.12. The van der Waals surface area contributed by atoms with Crippen molar-refractivity contribution in [3.8, 4) is 0 Å². The molecule has 1 aromatic rings. The zero-order valence-corrected chi connectivity index (χ0v) is 13.4. The van der Waals surface area contributed by atoms with Crippen LogP contribution in [0.4, 0.5) is 0 Å². The summed E-state index contributed by atoms with van der Waals surface area (Å²) in [4.78, 5) is 13.0. The predicted molar refractivity (Wildman–Crippen MR) is 87.1 cm³/mol. The smallest absolute Gasteiger partial charge is 0.244 e. The fourth-order valence-corrected chi connectivity index (χ4v) is 4.45. The Morgan fingerprint density at radius 3 is 2.90 bits per heavy atom. The number of hydrogen-bond acceptors (Lipinski definition) is 2. The van der Waals surface area contributed by atoms with Gasteiger partial charge in [-0.3, -0.25) is 4.79 Å². The number of fused-ring (bicyclic) bond motifs is 2. The normalized spacial score (nSPS) is 29.4. The fourth-order valence-electron chi connectivity index (χ4n) is 3.83. The maximum Gasteiger partial charge on any atom is 0.244 e. The Morgan fingerprint density at radius 1 is 1.45 bits per heavy atom. The number of carbonyl (C=O) groups excluding carboxylic acids is 1. The highest BCUT2D eigenvalue weighted by Gasteiger charge is 2.41. The number of carbonyl (C=O) groups is 1. The van der Waals surface area contributed by atoms with Crippen LogP contribution in [0.1, 0.15) is 37.5 Å². The molecule has 2 aliphatic carbocycles. The van der Waals surface area contributed by atoms with E-state index in [2.05, 4.69) is 12.2 Å². The van der Waals surface area contributed by atoms with Crippen LogP contribution in [0.15, 0.2) is 23.6 Å². The first kappa shape index (κ1) is 15.6. The van der Waals surface area contributed by atoms with Crippen molar-refractivity contribution < 1.29 is 4.79 Å². The Hall–Kier alpha value is -0.800. The van der Waals surface area contributed by atoms with Crippen molar-refractivity contribution in [3.63, 3.8) is 0 Å². The van der Waals surface area contributed by atoms with E-state index < -0.39 is 0 Å². The van der Waals surface area contributed by atoms with E-state index in [1.54, 1.807) is 17.4 Å². The number of halogens is 1. The molecule has 110 valence electrons. The van der Waals surface area contributed by atoms with Crippen LogP contribution in [0.5, 0.6) is 0 Å². The number of hydrogen-bond donors (Lipinski definition) is 1. The summed E-state index contributed by atoms with van der Waals surface area (Å²) in [6.07, 6.45) is 9.07. The molecule has 1 N–H and O–H groups in total. The van der Waals surface area contributed by atoms with E-state index in [-0.39, 0.29) is 18.3 Å². The van der Waals surface area contributed by atoms with Gasteiger partial charge in [0.15, 0.2) is 0 Å². The Morgan fingerprint density at radius 2 is 2.30 bits per heavy atom. The van der Waals surface area contributed by atoms with E-state index in [4.69, 9.17) is 0 Å². The van der Waals surface area contributed by atoms with Crippen LogP contribution < -0.4 is 5.32 Å². The molecule has 20 heavy (non-hydrogen) atoms. The van der Waals surface area contributed by atoms with Crippen molar-refractivity contribution in [1.29, 1.82) is 0 Å². The van der Waals surface area contributed by atoms with E-state index in [1.165, 1.54) is 25.7 Å². The minimum Gasteiger partial charge on any atom is -0.350 e. The number of nitrogens with one attached hydrogen (secondary N) is 1. The second kappa shape index (κ2) is 6.77. The molecule has 0 spiro atoms. The molecule has 2 aliphatic rings. The summed E-state index contributed by atoms with van der Waals surface area (Å²) in [6.45, 7) is 2.17. The quantitative estimate of drug-likeness (QED) is 0.833. The van der Waals surface area contributed by atoms with Gasteiger partial charge in [-0.05, 0) is 61.5 Å². The van der Waals surface area contributed by atoms with Crippen LogP contribution >= 0.6 is 23.7 Å². The molecule has 0 aromatic carbocycles. The molecule has 0 saturated heterocycles. The Balaban J connectivity index is 0.00000147. The van der Waals surface area contributed by atoms with Crippen molar-refractivity contribution in [3.05, 3.63) is 28.5 Å². The van der Waals surface area contributed by atoms with Gasteiger partial charge in [0.1, 0.15) is 0 Å². The maximum absolute atomic E-state index is 11.9. The van der Waals surface area contributed by atoms with Crippen LogP contribution in [0, 0.1) is 17.8 Å². The molecular weight excluding hydrogens is 290 g/mol. The van der Waals surface area contributed by atoms with Gasteiger partial charge < -0.3 is 5.32 Å². The summed E-state index contributed by atoms with van der Waals surface area (Å²) in [5.74, 6) is 2.55. The second-order valence-electron chi connectivity index (χ2n) is 5.98. The third-order valence-electron chi connectivity index (χ3n) is 4.75. The van der Waals surface area contributed by atoms with E-state index in [9.17, 15) is 4.79 Å². The SMILES string of the molecule is CC(NC(=O)/C=C/c1cccs1)C1CC2CCC1C2.Cl. The summed E-state index contributed by atoms with van der Waals surface area (Å²) < 4.78 is 0. The highest BCUT2D eigenvalue weighted by Crippen LogP contribution is 2.49. The highest BCUT2D eigenvalue weighted by atomic mass is 35.5. The maximum atomic E-state index is 11.9. The van der Waals surface area contributed by atoms with Crippen molar-refractivity contribution in [2.45, 2.75) is 38.6 Å². The first-order valence-corrected chi connectivity index (χ1v) is 8.12. The number of thiophene rings is 1. The molecule has 4 unspecified atom stereocenters. The summed E-state index contributed by atoms with van der Waals surface area (Å²) in [7, 11) is 0. The molecule has 0 aliphatic heterocycles. The molecule has 2 fully saturated rings. The largest absolute Gasteiger partial charge is 0.350 e.